The molecule has 2 aromatic carbocycles. The van der Waals surface area contributed by atoms with Crippen LogP contribution in [0.25, 0.3) is 22.3 Å². The summed E-state index contributed by atoms with van der Waals surface area (Å²) < 4.78 is 94.8. The number of halogens is 4. The van der Waals surface area contributed by atoms with Gasteiger partial charge in [0.25, 0.3) is 5.91 Å². The van der Waals surface area contributed by atoms with Crippen LogP contribution in [0, 0.1) is 13.8 Å². The van der Waals surface area contributed by atoms with Crippen molar-refractivity contribution in [3.63, 3.8) is 0 Å². The molecule has 4 rings (SSSR count). The van der Waals surface area contributed by atoms with Crippen LogP contribution in [0.5, 0.6) is 0 Å². The summed E-state index contributed by atoms with van der Waals surface area (Å²) >= 11 is 12.3. The number of benzene rings is 2. The summed E-state index contributed by atoms with van der Waals surface area (Å²) in [5.74, 6) is -3.31. The molecule has 4 N–H and O–H groups in total. The fourth-order valence-corrected chi connectivity index (χ4v) is 9.36. The Bertz CT molecular complexity index is 3040. The second-order valence-corrected chi connectivity index (χ2v) is 24.9. The smallest absolute Gasteiger partial charge is 0.407 e. The molecule has 0 aliphatic rings. The predicted octanol–water partition coefficient (Wildman–Crippen LogP) is 8.51. The maximum Gasteiger partial charge on any atom is 0.407 e. The van der Waals surface area contributed by atoms with Crippen LogP contribution in [0.15, 0.2) is 70.0 Å². The van der Waals surface area contributed by atoms with Crippen molar-refractivity contribution in [3.8, 4) is 22.3 Å². The first-order valence-electron chi connectivity index (χ1n) is 22.6. The Balaban J connectivity index is 0.000000393. The molecule has 0 aliphatic carbocycles. The van der Waals surface area contributed by atoms with E-state index in [1.54, 1.807) is 75.3 Å². The second-order valence-electron chi connectivity index (χ2n) is 19.9. The number of hydrogen-bond donors (Lipinski definition) is 4. The van der Waals surface area contributed by atoms with Crippen LogP contribution in [-0.2, 0) is 42.6 Å². The summed E-state index contributed by atoms with van der Waals surface area (Å²) in [5, 5.41) is 26.0. The van der Waals surface area contributed by atoms with E-state index in [0.717, 1.165) is 25.4 Å². The molecule has 20 nitrogen and oxygen atoms in total. The van der Waals surface area contributed by atoms with E-state index in [2.05, 4.69) is 26.1 Å². The first kappa shape index (κ1) is 62.4. The van der Waals surface area contributed by atoms with E-state index in [9.17, 15) is 49.9 Å². The van der Waals surface area contributed by atoms with Gasteiger partial charge in [-0.25, -0.2) is 48.6 Å². The number of carbonyl (C=O) groups excluding carboxylic acids is 3. The summed E-state index contributed by atoms with van der Waals surface area (Å²) in [7, 11) is -2.35. The molecule has 0 radical (unpaired) electrons. The van der Waals surface area contributed by atoms with Crippen molar-refractivity contribution in [2.24, 2.45) is 0 Å². The van der Waals surface area contributed by atoms with E-state index in [4.69, 9.17) is 32.7 Å². The van der Waals surface area contributed by atoms with Gasteiger partial charge in [0.05, 0.1) is 34.5 Å². The molecule has 0 unspecified atom stereocenters. The van der Waals surface area contributed by atoms with Crippen molar-refractivity contribution in [3.05, 3.63) is 93.0 Å². The van der Waals surface area contributed by atoms with Crippen molar-refractivity contribution in [1.29, 1.82) is 0 Å². The molecule has 0 saturated heterocycles. The molecular formula is C48H65Cl2F2N9O11S2. The Hall–Kier alpha value is -5.92. The number of aromatic carboxylic acids is 1. The van der Waals surface area contributed by atoms with Gasteiger partial charge in [-0.15, -0.1) is 0 Å². The predicted molar refractivity (Wildman–Crippen MR) is 278 cm³/mol. The molecule has 4 aromatic rings. The highest BCUT2D eigenvalue weighted by Gasteiger charge is 2.30. The average Bonchev–Trinajstić information content (AvgIpc) is 3.73. The summed E-state index contributed by atoms with van der Waals surface area (Å²) in [6, 6.07) is 8.45. The lowest BCUT2D eigenvalue weighted by Gasteiger charge is -2.21. The number of aryl methyl sites for hydroxylation is 2. The first-order valence-corrected chi connectivity index (χ1v) is 26.2. The summed E-state index contributed by atoms with van der Waals surface area (Å²) in [4.78, 5) is 48.7. The van der Waals surface area contributed by atoms with Crippen LogP contribution in [0.2, 0.25) is 10.0 Å². The topological polar surface area (TPSA) is 253 Å². The molecule has 26 heteroatoms. The first-order chi connectivity index (χ1) is 33.8. The third kappa shape index (κ3) is 17.3. The van der Waals surface area contributed by atoms with E-state index < -0.39 is 85.6 Å². The molecule has 2 heterocycles. The van der Waals surface area contributed by atoms with E-state index in [0.29, 0.717) is 16.8 Å². The van der Waals surface area contributed by atoms with Gasteiger partial charge in [0.2, 0.25) is 20.0 Å². The average molecular weight is 1120 g/mol. The molecule has 3 amide bonds. The van der Waals surface area contributed by atoms with Crippen molar-refractivity contribution < 1.29 is 59.4 Å². The number of allylic oxidation sites excluding steroid dienone is 2. The number of carboxylic acid groups (broad SMARTS) is 1. The van der Waals surface area contributed by atoms with Crippen molar-refractivity contribution in [1.82, 2.24) is 44.1 Å². The van der Waals surface area contributed by atoms with Crippen molar-refractivity contribution in [2.75, 3.05) is 41.3 Å². The highest BCUT2D eigenvalue weighted by atomic mass is 35.5. The third-order valence-electron chi connectivity index (χ3n) is 9.66. The Morgan fingerprint density at radius 1 is 0.662 bits per heavy atom. The normalized spacial score (nSPS) is 12.8. The maximum absolute atomic E-state index is 14.9. The number of carboxylic acids is 1. The van der Waals surface area contributed by atoms with Crippen LogP contribution in [-0.4, -0.2) is 132 Å². The van der Waals surface area contributed by atoms with Gasteiger partial charge in [-0.05, 0) is 124 Å². The van der Waals surface area contributed by atoms with Gasteiger partial charge in [0.15, 0.2) is 5.69 Å². The van der Waals surface area contributed by atoms with Crippen LogP contribution >= 0.6 is 23.2 Å². The molecule has 0 spiro atoms. The lowest BCUT2D eigenvalue weighted by molar-refractivity contribution is 0.0522. The molecule has 74 heavy (non-hydrogen) atoms. The molecule has 0 bridgehead atoms. The fraction of sp³-hybridized carbons (Fsp3) is 0.458. The van der Waals surface area contributed by atoms with E-state index in [-0.39, 0.29) is 61.1 Å². The Morgan fingerprint density at radius 3 is 1.34 bits per heavy atom. The molecule has 2 aromatic heterocycles. The Labute approximate surface area is 441 Å². The fourth-order valence-electron chi connectivity index (χ4n) is 6.57. The van der Waals surface area contributed by atoms with E-state index >= 15 is 0 Å². The minimum atomic E-state index is -3.91. The number of carbonyl (C=O) groups is 4. The number of sulfonamides is 2. The number of nitrogens with one attached hydrogen (secondary N) is 3. The molecule has 408 valence electrons. The molecule has 0 saturated carbocycles. The highest BCUT2D eigenvalue weighted by Crippen LogP contribution is 2.35. The number of rotatable bonds is 16. The quantitative estimate of drug-likeness (QED) is 0.0822. The number of nitrogens with zero attached hydrogens (tertiary/aromatic N) is 6. The highest BCUT2D eigenvalue weighted by molar-refractivity contribution is 7.89. The zero-order chi connectivity index (χ0) is 56.6. The Kier molecular flexibility index (Phi) is 20.8. The maximum atomic E-state index is 14.9. The van der Waals surface area contributed by atoms with Gasteiger partial charge in [-0.3, -0.25) is 14.2 Å². The summed E-state index contributed by atoms with van der Waals surface area (Å²) in [6.07, 6.45) is 0.795. The third-order valence-corrected chi connectivity index (χ3v) is 14.3. The van der Waals surface area contributed by atoms with Gasteiger partial charge in [-0.2, -0.15) is 10.2 Å². The number of aromatic nitrogens is 4. The van der Waals surface area contributed by atoms with Crippen molar-refractivity contribution >= 4 is 67.3 Å². The minimum Gasteiger partial charge on any atom is -0.477 e. The number of ether oxygens (including phenoxy) is 2. The van der Waals surface area contributed by atoms with Gasteiger partial charge in [0, 0.05) is 57.9 Å². The van der Waals surface area contributed by atoms with Gasteiger partial charge >= 0.3 is 18.2 Å². The number of amides is 3. The van der Waals surface area contributed by atoms with Gasteiger partial charge in [0.1, 0.15) is 38.3 Å². The lowest BCUT2D eigenvalue weighted by atomic mass is 10.0. The zero-order valence-corrected chi connectivity index (χ0v) is 47.1. The SMILES string of the molecule is Cc1nn(C/C(F)=C/CNC(=O)OC(C)(C)C)c(C(=O)NC(C)(C)C)c1-c1ccc(Cl)c(S(=O)(=O)N(C)C)c1.Cc1nn(C/C(F)=C/CNC(=O)OC(C)(C)C)c(C(=O)O)c1-c1ccc(Cl)c(S(=O)(=O)N(C)C)c1. The zero-order valence-electron chi connectivity index (χ0n) is 44.0. The second kappa shape index (κ2) is 24.6. The van der Waals surface area contributed by atoms with Crippen LogP contribution in [0.1, 0.15) is 94.7 Å². The summed E-state index contributed by atoms with van der Waals surface area (Å²) in [6.45, 7) is 17.5. The van der Waals surface area contributed by atoms with E-state index in [1.807, 2.05) is 0 Å². The molecular weight excluding hydrogens is 1050 g/mol. The standard InChI is InChI=1S/C26H37ClFN5O5S.C22H28ClFN4O6S/c1-16-21(17-10-11-19(27)20(14-17)39(36,37)32(8)9)22(23(34)30-25(2,3)4)33(31-16)15-18(28)12-13-29-24(35)38-26(5,6)7;1-13-18(14-7-8-16(23)17(11-14)35(32,33)27(5)6)19(20(29)30)28(26-13)12-15(24)9-10-25-21(31)34-22(2,3)4/h10-12,14H,13,15H2,1-9H3,(H,29,35)(H,30,34);7-9,11H,10,12H2,1-6H3,(H,25,31)(H,29,30)/b18-12-;15-9-. The van der Waals surface area contributed by atoms with Crippen molar-refractivity contribution in [2.45, 2.75) is 116 Å². The monoisotopic (exact) mass is 1120 g/mol. The molecule has 0 fully saturated rings. The van der Waals surface area contributed by atoms with Crippen LogP contribution in [0.4, 0.5) is 18.4 Å². The lowest BCUT2D eigenvalue weighted by Crippen LogP contribution is -2.41. The minimum absolute atomic E-state index is 0.0182. The van der Waals surface area contributed by atoms with Gasteiger partial charge in [-0.1, -0.05) is 35.3 Å². The van der Waals surface area contributed by atoms with E-state index in [1.165, 1.54) is 70.1 Å². The Morgan fingerprint density at radius 2 is 1.01 bits per heavy atom. The van der Waals surface area contributed by atoms with Gasteiger partial charge < -0.3 is 30.5 Å². The van der Waals surface area contributed by atoms with Crippen LogP contribution < -0.4 is 16.0 Å². The van der Waals surface area contributed by atoms with Crippen LogP contribution in [0.3, 0.4) is 0 Å². The summed E-state index contributed by atoms with van der Waals surface area (Å²) in [5.41, 5.74) is -0.609. The largest absolute Gasteiger partial charge is 0.477 e. The molecule has 0 atom stereocenters. The number of alkyl carbamates (subject to hydrolysis) is 2. The molecule has 0 aliphatic heterocycles. The number of hydrogen-bond acceptors (Lipinski definition) is 12.